The largest absolute Gasteiger partial charge is 0.492 e. The van der Waals surface area contributed by atoms with Crippen LogP contribution in [0.4, 0.5) is 14.5 Å². The Bertz CT molecular complexity index is 1150. The van der Waals surface area contributed by atoms with Gasteiger partial charge in [-0.05, 0) is 30.3 Å². The quantitative estimate of drug-likeness (QED) is 0.460. The van der Waals surface area contributed by atoms with Crippen LogP contribution >= 0.6 is 0 Å². The third kappa shape index (κ3) is 6.84. The van der Waals surface area contributed by atoms with E-state index in [4.69, 9.17) is 9.47 Å². The topological polar surface area (TPSA) is 80.7 Å². The second-order valence-electron chi connectivity index (χ2n) is 8.24. The number of nitrogens with zero attached hydrogens (tertiary/aromatic N) is 3. The molecular weight excluding hydrogens is 456 g/mol. The van der Waals surface area contributed by atoms with Crippen molar-refractivity contribution in [2.45, 2.75) is 6.54 Å². The van der Waals surface area contributed by atoms with Crippen molar-refractivity contribution in [3.63, 3.8) is 0 Å². The van der Waals surface area contributed by atoms with E-state index in [2.05, 4.69) is 20.6 Å². The molecule has 1 saturated heterocycles. The summed E-state index contributed by atoms with van der Waals surface area (Å²) in [4.78, 5) is 14.7. The number of hydrogen-bond donors (Lipinski definition) is 2. The average molecular weight is 486 g/mol. The Labute approximate surface area is 202 Å². The van der Waals surface area contributed by atoms with Gasteiger partial charge < -0.3 is 20.1 Å². The fraction of sp³-hybridized carbons (Fsp3) is 0.360. The van der Waals surface area contributed by atoms with Gasteiger partial charge in [0.25, 0.3) is 0 Å². The maximum Gasteiger partial charge on any atom is 0.238 e. The predicted molar refractivity (Wildman–Crippen MR) is 128 cm³/mol. The van der Waals surface area contributed by atoms with E-state index < -0.39 is 11.6 Å². The lowest BCUT2D eigenvalue weighted by molar-refractivity contribution is -0.115. The molecule has 0 atom stereocenters. The molecule has 0 unspecified atom stereocenters. The highest BCUT2D eigenvalue weighted by molar-refractivity contribution is 5.93. The van der Waals surface area contributed by atoms with E-state index in [-0.39, 0.29) is 24.6 Å². The first-order chi connectivity index (χ1) is 17.0. The number of rotatable bonds is 10. The number of morpholine rings is 1. The monoisotopic (exact) mass is 485 g/mol. The van der Waals surface area contributed by atoms with Crippen molar-refractivity contribution in [2.24, 2.45) is 7.05 Å². The lowest BCUT2D eigenvalue weighted by Gasteiger charge is -2.26. The fourth-order valence-corrected chi connectivity index (χ4v) is 3.86. The maximum atomic E-state index is 13.8. The zero-order chi connectivity index (χ0) is 24.6. The number of hydrogen-bond acceptors (Lipinski definition) is 6. The van der Waals surface area contributed by atoms with Gasteiger partial charge in [-0.3, -0.25) is 14.4 Å². The minimum absolute atomic E-state index is 0.0321. The van der Waals surface area contributed by atoms with Crippen molar-refractivity contribution in [2.75, 3.05) is 51.3 Å². The van der Waals surface area contributed by atoms with Crippen LogP contribution in [-0.4, -0.2) is 66.6 Å². The van der Waals surface area contributed by atoms with Gasteiger partial charge in [0.05, 0.1) is 25.5 Å². The van der Waals surface area contributed by atoms with Crippen molar-refractivity contribution >= 4 is 11.6 Å². The zero-order valence-corrected chi connectivity index (χ0v) is 19.6. The molecule has 2 aromatic carbocycles. The molecule has 186 valence electrons. The second kappa shape index (κ2) is 11.9. The molecule has 1 fully saturated rings. The number of halogens is 2. The molecule has 8 nitrogen and oxygen atoms in total. The van der Waals surface area contributed by atoms with E-state index in [9.17, 15) is 13.6 Å². The van der Waals surface area contributed by atoms with Crippen LogP contribution in [0.15, 0.2) is 48.7 Å². The normalized spacial score (nSPS) is 14.1. The van der Waals surface area contributed by atoms with Gasteiger partial charge in [-0.2, -0.15) is 5.10 Å². The molecular formula is C25H29F2N5O3. The van der Waals surface area contributed by atoms with Gasteiger partial charge in [-0.15, -0.1) is 0 Å². The van der Waals surface area contributed by atoms with Crippen LogP contribution in [-0.2, 0) is 23.1 Å². The molecule has 3 aromatic rings. The third-order valence-electron chi connectivity index (χ3n) is 5.75. The summed E-state index contributed by atoms with van der Waals surface area (Å²) < 4.78 is 40.0. The lowest BCUT2D eigenvalue weighted by atomic mass is 10.1. The summed E-state index contributed by atoms with van der Waals surface area (Å²) in [7, 11) is 1.84. The SMILES string of the molecule is Cn1nccc1-c1cc(NC(=O)CNCc2ccc(F)cc2F)ccc1OCCN1CCOCC1. The first-order valence-electron chi connectivity index (χ1n) is 11.5. The number of ether oxygens (including phenoxy) is 2. The van der Waals surface area contributed by atoms with E-state index in [1.165, 1.54) is 12.1 Å². The number of benzene rings is 2. The van der Waals surface area contributed by atoms with E-state index in [1.807, 2.05) is 25.2 Å². The van der Waals surface area contributed by atoms with E-state index in [1.54, 1.807) is 16.9 Å². The highest BCUT2D eigenvalue weighted by Gasteiger charge is 2.15. The summed E-state index contributed by atoms with van der Waals surface area (Å²) in [5.41, 5.74) is 2.55. The summed E-state index contributed by atoms with van der Waals surface area (Å²) in [5, 5.41) is 9.97. The summed E-state index contributed by atoms with van der Waals surface area (Å²) in [6.45, 7) is 4.67. The van der Waals surface area contributed by atoms with E-state index in [0.29, 0.717) is 18.0 Å². The molecule has 0 radical (unpaired) electrons. The van der Waals surface area contributed by atoms with Gasteiger partial charge >= 0.3 is 0 Å². The van der Waals surface area contributed by atoms with Gasteiger partial charge in [0, 0.05) is 62.3 Å². The molecule has 10 heteroatoms. The van der Waals surface area contributed by atoms with Crippen LogP contribution < -0.4 is 15.4 Å². The smallest absolute Gasteiger partial charge is 0.238 e. The molecule has 1 amide bonds. The van der Waals surface area contributed by atoms with Crippen molar-refractivity contribution in [3.8, 4) is 17.0 Å². The van der Waals surface area contributed by atoms with Crippen LogP contribution in [0.5, 0.6) is 5.75 Å². The number of amides is 1. The number of anilines is 1. The van der Waals surface area contributed by atoms with Crippen molar-refractivity contribution in [1.82, 2.24) is 20.0 Å². The number of nitrogens with one attached hydrogen (secondary N) is 2. The highest BCUT2D eigenvalue weighted by atomic mass is 19.1. The van der Waals surface area contributed by atoms with Crippen LogP contribution in [0, 0.1) is 11.6 Å². The Morgan fingerprint density at radius 3 is 2.71 bits per heavy atom. The van der Waals surface area contributed by atoms with E-state index in [0.717, 1.165) is 50.2 Å². The molecule has 2 heterocycles. The van der Waals surface area contributed by atoms with Gasteiger partial charge in [0.1, 0.15) is 24.0 Å². The average Bonchev–Trinajstić information content (AvgIpc) is 3.27. The Hall–Kier alpha value is -3.34. The lowest BCUT2D eigenvalue weighted by Crippen LogP contribution is -2.38. The molecule has 1 aromatic heterocycles. The summed E-state index contributed by atoms with van der Waals surface area (Å²) in [6.07, 6.45) is 1.70. The van der Waals surface area contributed by atoms with Crippen LogP contribution in [0.1, 0.15) is 5.56 Å². The molecule has 1 aliphatic rings. The fourth-order valence-electron chi connectivity index (χ4n) is 3.86. The second-order valence-corrected chi connectivity index (χ2v) is 8.24. The van der Waals surface area contributed by atoms with E-state index >= 15 is 0 Å². The Morgan fingerprint density at radius 2 is 1.97 bits per heavy atom. The number of carbonyl (C=O) groups excluding carboxylic acids is 1. The zero-order valence-electron chi connectivity index (χ0n) is 19.6. The van der Waals surface area contributed by atoms with Gasteiger partial charge in [-0.1, -0.05) is 6.07 Å². The minimum atomic E-state index is -0.650. The molecule has 0 spiro atoms. The summed E-state index contributed by atoms with van der Waals surface area (Å²) >= 11 is 0. The molecule has 0 aliphatic carbocycles. The van der Waals surface area contributed by atoms with Crippen LogP contribution in [0.25, 0.3) is 11.3 Å². The molecule has 35 heavy (non-hydrogen) atoms. The van der Waals surface area contributed by atoms with Gasteiger partial charge in [0.2, 0.25) is 5.91 Å². The van der Waals surface area contributed by atoms with Crippen LogP contribution in [0.2, 0.25) is 0 Å². The Balaban J connectivity index is 1.37. The highest BCUT2D eigenvalue weighted by Crippen LogP contribution is 2.32. The Kier molecular flexibility index (Phi) is 8.40. The van der Waals surface area contributed by atoms with Crippen molar-refractivity contribution in [1.29, 1.82) is 0 Å². The van der Waals surface area contributed by atoms with Crippen LogP contribution in [0.3, 0.4) is 0 Å². The molecule has 0 saturated carbocycles. The predicted octanol–water partition coefficient (Wildman–Crippen LogP) is 2.80. The molecule has 0 bridgehead atoms. The minimum Gasteiger partial charge on any atom is -0.492 e. The number of carbonyl (C=O) groups is 1. The molecule has 2 N–H and O–H groups in total. The number of aryl methyl sites for hydroxylation is 1. The van der Waals surface area contributed by atoms with Gasteiger partial charge in [-0.25, -0.2) is 8.78 Å². The molecule has 4 rings (SSSR count). The third-order valence-corrected chi connectivity index (χ3v) is 5.75. The maximum absolute atomic E-state index is 13.8. The van der Waals surface area contributed by atoms with Gasteiger partial charge in [0.15, 0.2) is 0 Å². The molecule has 1 aliphatic heterocycles. The van der Waals surface area contributed by atoms with Crippen molar-refractivity contribution < 1.29 is 23.0 Å². The Morgan fingerprint density at radius 1 is 1.14 bits per heavy atom. The first-order valence-corrected chi connectivity index (χ1v) is 11.5. The standard InChI is InChI=1S/C25H29F2N5O3/c1-31-23(6-7-29-31)21-15-20(4-5-24(21)35-13-10-32-8-11-34-12-9-32)30-25(33)17-28-16-18-2-3-19(26)14-22(18)27/h2-7,14-15,28H,8-13,16-17H2,1H3,(H,30,33). The first kappa shape index (κ1) is 24.8. The number of aromatic nitrogens is 2. The summed E-state index contributed by atoms with van der Waals surface area (Å²) in [6, 6.07) is 10.7. The van der Waals surface area contributed by atoms with Crippen molar-refractivity contribution in [3.05, 3.63) is 65.9 Å². The summed E-state index contributed by atoms with van der Waals surface area (Å²) in [5.74, 6) is -0.876.